The van der Waals surface area contributed by atoms with Crippen molar-refractivity contribution in [3.63, 3.8) is 0 Å². The summed E-state index contributed by atoms with van der Waals surface area (Å²) >= 11 is 0. The molecule has 0 spiro atoms. The van der Waals surface area contributed by atoms with Crippen LogP contribution in [0.25, 0.3) is 0 Å². The quantitative estimate of drug-likeness (QED) is 0.292. The third kappa shape index (κ3) is 6.18. The summed E-state index contributed by atoms with van der Waals surface area (Å²) in [6.07, 6.45) is 11.4. The van der Waals surface area contributed by atoms with Crippen LogP contribution in [0.1, 0.15) is 75.6 Å². The van der Waals surface area contributed by atoms with Gasteiger partial charge in [0.15, 0.2) is 5.78 Å². The van der Waals surface area contributed by atoms with Gasteiger partial charge in [0.25, 0.3) is 0 Å². The van der Waals surface area contributed by atoms with Crippen LogP contribution in [0, 0.1) is 0 Å². The van der Waals surface area contributed by atoms with Crippen molar-refractivity contribution in [1.82, 2.24) is 0 Å². The minimum absolute atomic E-state index is 0.217. The Labute approximate surface area is 124 Å². The minimum Gasteiger partial charge on any atom is -0.289 e. The molecule has 0 saturated carbocycles. The highest BCUT2D eigenvalue weighted by Gasteiger charge is 2.10. The van der Waals surface area contributed by atoms with Gasteiger partial charge in [-0.3, -0.25) is 4.79 Å². The number of carbonyl (C=O) groups excluding carboxylic acids is 1. The van der Waals surface area contributed by atoms with Crippen molar-refractivity contribution in [2.24, 2.45) is 0 Å². The van der Waals surface area contributed by atoms with E-state index < -0.39 is 0 Å². The molecule has 0 radical (unpaired) electrons. The monoisotopic (exact) mass is 272 g/mol. The molecule has 1 aromatic rings. The second-order valence-corrected chi connectivity index (χ2v) is 5.38. The first-order chi connectivity index (χ1) is 9.79. The molecule has 0 saturated heterocycles. The lowest BCUT2D eigenvalue weighted by atomic mass is 9.97. The molecule has 0 N–H and O–H groups in total. The van der Waals surface area contributed by atoms with Crippen LogP contribution in [-0.4, -0.2) is 5.78 Å². The van der Waals surface area contributed by atoms with Crippen LogP contribution in [0.15, 0.2) is 42.0 Å². The van der Waals surface area contributed by atoms with Crippen molar-refractivity contribution >= 4 is 5.78 Å². The molecular weight excluding hydrogens is 244 g/mol. The standard InChI is InChI=1S/C19H28O/c1-3-5-7-8-10-14-17(13-6-4-2)19(20)18-15-11-9-12-16-18/h9,11-12,14-16H,3-8,10,13H2,1-2H3. The minimum atomic E-state index is 0.217. The van der Waals surface area contributed by atoms with Crippen LogP contribution in [0.5, 0.6) is 0 Å². The van der Waals surface area contributed by atoms with Gasteiger partial charge in [-0.15, -0.1) is 0 Å². The van der Waals surface area contributed by atoms with Gasteiger partial charge >= 0.3 is 0 Å². The summed E-state index contributed by atoms with van der Waals surface area (Å²) in [4.78, 5) is 12.5. The summed E-state index contributed by atoms with van der Waals surface area (Å²) in [6.45, 7) is 4.40. The lowest BCUT2D eigenvalue weighted by Gasteiger charge is -2.07. The van der Waals surface area contributed by atoms with E-state index in [1.165, 1.54) is 25.7 Å². The molecule has 110 valence electrons. The number of carbonyl (C=O) groups is 1. The zero-order valence-corrected chi connectivity index (χ0v) is 13.0. The number of hydrogen-bond acceptors (Lipinski definition) is 1. The first-order valence-electron chi connectivity index (χ1n) is 8.08. The van der Waals surface area contributed by atoms with Gasteiger partial charge in [-0.2, -0.15) is 0 Å². The third-order valence-electron chi connectivity index (χ3n) is 3.58. The van der Waals surface area contributed by atoms with Crippen molar-refractivity contribution in [1.29, 1.82) is 0 Å². The molecule has 0 aliphatic carbocycles. The Bertz CT molecular complexity index is 403. The number of allylic oxidation sites excluding steroid dienone is 2. The highest BCUT2D eigenvalue weighted by Crippen LogP contribution is 2.16. The molecule has 0 aliphatic rings. The maximum Gasteiger partial charge on any atom is 0.188 e. The molecule has 0 unspecified atom stereocenters. The van der Waals surface area contributed by atoms with E-state index in [1.54, 1.807) is 0 Å². The fourth-order valence-corrected chi connectivity index (χ4v) is 2.30. The maximum atomic E-state index is 12.5. The first kappa shape index (κ1) is 16.7. The number of benzene rings is 1. The highest BCUT2D eigenvalue weighted by atomic mass is 16.1. The topological polar surface area (TPSA) is 17.1 Å². The predicted octanol–water partition coefficient (Wildman–Crippen LogP) is 5.96. The Kier molecular flexibility index (Phi) is 8.69. The van der Waals surface area contributed by atoms with Crippen molar-refractivity contribution in [3.8, 4) is 0 Å². The number of ketones is 1. The summed E-state index contributed by atoms with van der Waals surface area (Å²) in [6, 6.07) is 9.66. The summed E-state index contributed by atoms with van der Waals surface area (Å²) in [5.74, 6) is 0.217. The Balaban J connectivity index is 2.63. The van der Waals surface area contributed by atoms with Gasteiger partial charge in [-0.25, -0.2) is 0 Å². The molecule has 1 nitrogen and oxygen atoms in total. The van der Waals surface area contributed by atoms with Crippen LogP contribution < -0.4 is 0 Å². The molecule has 1 aromatic carbocycles. The summed E-state index contributed by atoms with van der Waals surface area (Å²) in [5, 5.41) is 0. The van der Waals surface area contributed by atoms with Crippen molar-refractivity contribution in [3.05, 3.63) is 47.5 Å². The van der Waals surface area contributed by atoms with E-state index in [0.29, 0.717) is 0 Å². The van der Waals surface area contributed by atoms with E-state index in [-0.39, 0.29) is 5.78 Å². The second kappa shape index (κ2) is 10.4. The molecule has 0 fully saturated rings. The van der Waals surface area contributed by atoms with Crippen LogP contribution >= 0.6 is 0 Å². The van der Waals surface area contributed by atoms with Crippen LogP contribution in [0.2, 0.25) is 0 Å². The molecule has 0 aromatic heterocycles. The van der Waals surface area contributed by atoms with E-state index in [0.717, 1.165) is 36.8 Å². The fourth-order valence-electron chi connectivity index (χ4n) is 2.30. The van der Waals surface area contributed by atoms with Crippen molar-refractivity contribution < 1.29 is 4.79 Å². The van der Waals surface area contributed by atoms with Gasteiger partial charge < -0.3 is 0 Å². The lowest BCUT2D eigenvalue weighted by molar-refractivity contribution is 0.103. The van der Waals surface area contributed by atoms with Crippen LogP contribution in [-0.2, 0) is 0 Å². The number of hydrogen-bond donors (Lipinski definition) is 0. The summed E-state index contributed by atoms with van der Waals surface area (Å²) in [7, 11) is 0. The first-order valence-corrected chi connectivity index (χ1v) is 8.08. The molecule has 0 bridgehead atoms. The number of Topliss-reactive ketones (excluding diaryl/α,β-unsaturated/α-hetero) is 1. The Hall–Kier alpha value is -1.37. The molecule has 1 rings (SSSR count). The van der Waals surface area contributed by atoms with Gasteiger partial charge in [-0.05, 0) is 31.3 Å². The zero-order valence-electron chi connectivity index (χ0n) is 13.0. The highest BCUT2D eigenvalue weighted by molar-refractivity contribution is 6.08. The molecule has 0 atom stereocenters. The van der Waals surface area contributed by atoms with E-state index in [2.05, 4.69) is 19.9 Å². The Morgan fingerprint density at radius 3 is 2.30 bits per heavy atom. The van der Waals surface area contributed by atoms with Crippen molar-refractivity contribution in [2.45, 2.75) is 65.2 Å². The average Bonchev–Trinajstić information content (AvgIpc) is 2.50. The molecular formula is C19H28O. The summed E-state index contributed by atoms with van der Waals surface area (Å²) in [5.41, 5.74) is 1.83. The molecule has 0 heterocycles. The Morgan fingerprint density at radius 2 is 1.65 bits per heavy atom. The third-order valence-corrected chi connectivity index (χ3v) is 3.58. The summed E-state index contributed by atoms with van der Waals surface area (Å²) < 4.78 is 0. The number of rotatable bonds is 10. The van der Waals surface area contributed by atoms with Gasteiger partial charge in [0.2, 0.25) is 0 Å². The number of unbranched alkanes of at least 4 members (excludes halogenated alkanes) is 5. The van der Waals surface area contributed by atoms with Gasteiger partial charge in [-0.1, -0.05) is 75.9 Å². The van der Waals surface area contributed by atoms with Crippen LogP contribution in [0.4, 0.5) is 0 Å². The fraction of sp³-hybridized carbons (Fsp3) is 0.526. The molecule has 0 amide bonds. The van der Waals surface area contributed by atoms with Gasteiger partial charge in [0.1, 0.15) is 0 Å². The largest absolute Gasteiger partial charge is 0.289 e. The predicted molar refractivity (Wildman–Crippen MR) is 87.1 cm³/mol. The molecule has 1 heteroatoms. The molecule has 0 aliphatic heterocycles. The van der Waals surface area contributed by atoms with E-state index in [9.17, 15) is 4.79 Å². The molecule has 20 heavy (non-hydrogen) atoms. The van der Waals surface area contributed by atoms with Crippen LogP contribution in [0.3, 0.4) is 0 Å². The van der Waals surface area contributed by atoms with E-state index >= 15 is 0 Å². The SMILES string of the molecule is CCCCCCC=C(CCCC)C(=O)c1ccccc1. The average molecular weight is 272 g/mol. The zero-order chi connectivity index (χ0) is 14.6. The van der Waals surface area contributed by atoms with Gasteiger partial charge in [0.05, 0.1) is 0 Å². The van der Waals surface area contributed by atoms with E-state index in [4.69, 9.17) is 0 Å². The Morgan fingerprint density at radius 1 is 0.950 bits per heavy atom. The van der Waals surface area contributed by atoms with Crippen molar-refractivity contribution in [2.75, 3.05) is 0 Å². The van der Waals surface area contributed by atoms with E-state index in [1.807, 2.05) is 30.3 Å². The maximum absolute atomic E-state index is 12.5. The smallest absolute Gasteiger partial charge is 0.188 e. The van der Waals surface area contributed by atoms with Gasteiger partial charge in [0, 0.05) is 5.56 Å². The lowest BCUT2D eigenvalue weighted by Crippen LogP contribution is -2.03. The normalized spacial score (nSPS) is 11.6. The second-order valence-electron chi connectivity index (χ2n) is 5.38.